The van der Waals surface area contributed by atoms with Gasteiger partial charge in [-0.25, -0.2) is 0 Å². The molecule has 0 bridgehead atoms. The normalized spacial score (nSPS) is 7.50. The molecule has 0 heterocycles. The lowest BCUT2D eigenvalue weighted by molar-refractivity contribution is 0.778. The highest BCUT2D eigenvalue weighted by Gasteiger charge is 1.71. The van der Waals surface area contributed by atoms with Crippen LogP contribution in [0, 0.1) is 0 Å². The molecule has 0 radical (unpaired) electrons. The highest BCUT2D eigenvalue weighted by molar-refractivity contribution is 7.78. The smallest absolute Gasteiger partial charge is 0.0181 e. The van der Waals surface area contributed by atoms with Gasteiger partial charge in [0.25, 0.3) is 0 Å². The molecule has 52 valence electrons. The summed E-state index contributed by atoms with van der Waals surface area (Å²) in [4.78, 5) is 0. The van der Waals surface area contributed by atoms with Crippen molar-refractivity contribution in [3.05, 3.63) is 0 Å². The third kappa shape index (κ3) is 16.3. The Kier molecular flexibility index (Phi) is 21.8. The predicted octanol–water partition coefficient (Wildman–Crippen LogP) is 0.666. The van der Waals surface area contributed by atoms with E-state index in [0.29, 0.717) is 0 Å². The molecule has 0 aliphatic heterocycles. The molecule has 3 heteroatoms. The van der Waals surface area contributed by atoms with E-state index in [2.05, 4.69) is 22.9 Å². The predicted molar refractivity (Wildman–Crippen MR) is 42.3 cm³/mol. The van der Waals surface area contributed by atoms with Gasteiger partial charge in [0.15, 0.2) is 0 Å². The highest BCUT2D eigenvalue weighted by Crippen LogP contribution is 1.55. The van der Waals surface area contributed by atoms with Crippen molar-refractivity contribution in [2.75, 3.05) is 20.1 Å². The van der Waals surface area contributed by atoms with Crippen LogP contribution in [0.4, 0.5) is 0 Å². The number of nitrogens with one attached hydrogen (secondary N) is 2. The minimum Gasteiger partial charge on any atom is -0.318 e. The molecule has 0 saturated carbocycles. The summed E-state index contributed by atoms with van der Waals surface area (Å²) >= 11 is 3.76. The van der Waals surface area contributed by atoms with Crippen LogP contribution in [-0.2, 0) is 0 Å². The van der Waals surface area contributed by atoms with Crippen LogP contribution in [0.5, 0.6) is 0 Å². The van der Waals surface area contributed by atoms with Gasteiger partial charge in [-0.2, -0.15) is 0 Å². The van der Waals surface area contributed by atoms with Gasteiger partial charge in [-0.15, -0.1) is 0 Å². The van der Waals surface area contributed by atoms with Crippen molar-refractivity contribution in [3.63, 3.8) is 0 Å². The van der Waals surface area contributed by atoms with E-state index in [1.165, 1.54) is 0 Å². The van der Waals surface area contributed by atoms with Gasteiger partial charge in [0.1, 0.15) is 0 Å². The van der Waals surface area contributed by atoms with Crippen LogP contribution in [0.15, 0.2) is 0 Å². The molecule has 0 rings (SSSR count). The number of hydrogen-bond acceptors (Lipinski definition) is 3. The molecule has 0 aromatic heterocycles. The lowest BCUT2D eigenvalue weighted by Crippen LogP contribution is -2.18. The van der Waals surface area contributed by atoms with Gasteiger partial charge >= 0.3 is 0 Å². The van der Waals surface area contributed by atoms with E-state index >= 15 is 0 Å². The van der Waals surface area contributed by atoms with Crippen molar-refractivity contribution in [1.82, 2.24) is 10.0 Å². The maximum Gasteiger partial charge on any atom is 0.0181 e. The van der Waals surface area contributed by atoms with Crippen LogP contribution >= 0.6 is 12.8 Å². The van der Waals surface area contributed by atoms with Crippen molar-refractivity contribution in [3.8, 4) is 0 Å². The van der Waals surface area contributed by atoms with Crippen LogP contribution in [0.25, 0.3) is 0 Å². The van der Waals surface area contributed by atoms with E-state index in [9.17, 15) is 0 Å². The topological polar surface area (TPSA) is 24.1 Å². The lowest BCUT2D eigenvalue weighted by Gasteiger charge is -1.91. The van der Waals surface area contributed by atoms with Crippen molar-refractivity contribution in [1.29, 1.82) is 0 Å². The fourth-order valence-corrected chi connectivity index (χ4v) is 0.293. The highest BCUT2D eigenvalue weighted by atomic mass is 32.1. The maximum absolute atomic E-state index is 3.76. The Bertz CT molecular complexity index is 22.4. The van der Waals surface area contributed by atoms with E-state index in [4.69, 9.17) is 0 Å². The molecule has 0 fully saturated rings. The third-order valence-corrected chi connectivity index (χ3v) is 0.710. The van der Waals surface area contributed by atoms with Gasteiger partial charge in [-0.05, 0) is 7.05 Å². The number of likely N-dealkylation sites (N-methyl/N-ethyl adjacent to an activating group) is 1. The standard InChI is InChI=1S/C3H10N2S.C2H6/c1-4-2-3-5-6;1-2/h4-6H,2-3H2,1H3;1-2H3. The average Bonchev–Trinajstić information content (AvgIpc) is 1.88. The Hall–Kier alpha value is 0.270. The Morgan fingerprint density at radius 2 is 1.75 bits per heavy atom. The minimum absolute atomic E-state index is 0.916. The number of rotatable bonds is 3. The van der Waals surface area contributed by atoms with E-state index in [0.717, 1.165) is 13.1 Å². The van der Waals surface area contributed by atoms with Gasteiger partial charge in [0.05, 0.1) is 0 Å². The van der Waals surface area contributed by atoms with E-state index in [1.54, 1.807) is 0 Å². The molecular formula is C5H16N2S. The quantitative estimate of drug-likeness (QED) is 0.392. The molecule has 8 heavy (non-hydrogen) atoms. The first kappa shape index (κ1) is 11.1. The molecule has 0 aliphatic rings. The van der Waals surface area contributed by atoms with Crippen LogP contribution in [-0.4, -0.2) is 20.1 Å². The molecule has 0 aromatic rings. The monoisotopic (exact) mass is 136 g/mol. The SMILES string of the molecule is CC.CNCCNS. The minimum atomic E-state index is 0.916. The summed E-state index contributed by atoms with van der Waals surface area (Å²) in [6.07, 6.45) is 0. The van der Waals surface area contributed by atoms with Crippen LogP contribution < -0.4 is 10.0 Å². The van der Waals surface area contributed by atoms with Gasteiger partial charge in [-0.1, -0.05) is 26.7 Å². The maximum atomic E-state index is 3.76. The molecule has 0 unspecified atom stereocenters. The second kappa shape index (κ2) is 15.7. The van der Waals surface area contributed by atoms with Crippen molar-refractivity contribution in [2.24, 2.45) is 0 Å². The Morgan fingerprint density at radius 1 is 1.25 bits per heavy atom. The van der Waals surface area contributed by atoms with Crippen LogP contribution in [0.3, 0.4) is 0 Å². The first-order chi connectivity index (χ1) is 3.91. The first-order valence-corrected chi connectivity index (χ1v) is 3.38. The molecule has 0 saturated heterocycles. The Balaban J connectivity index is 0. The molecule has 0 aliphatic carbocycles. The summed E-state index contributed by atoms with van der Waals surface area (Å²) in [5.74, 6) is 0. The summed E-state index contributed by atoms with van der Waals surface area (Å²) in [5, 5.41) is 2.96. The van der Waals surface area contributed by atoms with Crippen molar-refractivity contribution in [2.45, 2.75) is 13.8 Å². The van der Waals surface area contributed by atoms with Crippen molar-refractivity contribution >= 4 is 12.8 Å². The van der Waals surface area contributed by atoms with Gasteiger partial charge in [-0.3, -0.25) is 4.72 Å². The molecule has 0 aromatic carbocycles. The van der Waals surface area contributed by atoms with Crippen molar-refractivity contribution < 1.29 is 0 Å². The molecule has 0 spiro atoms. The Labute approximate surface area is 57.6 Å². The molecule has 0 atom stereocenters. The van der Waals surface area contributed by atoms with E-state index < -0.39 is 0 Å². The fourth-order valence-electron chi connectivity index (χ4n) is 0.181. The van der Waals surface area contributed by atoms with Crippen LogP contribution in [0.1, 0.15) is 13.8 Å². The second-order valence-corrected chi connectivity index (χ2v) is 1.33. The largest absolute Gasteiger partial charge is 0.318 e. The summed E-state index contributed by atoms with van der Waals surface area (Å²) in [6.45, 7) is 5.89. The number of thiol groups is 1. The zero-order chi connectivity index (χ0) is 6.83. The van der Waals surface area contributed by atoms with Gasteiger partial charge < -0.3 is 5.32 Å². The van der Waals surface area contributed by atoms with Crippen LogP contribution in [0.2, 0.25) is 0 Å². The third-order valence-electron chi connectivity index (χ3n) is 0.487. The first-order valence-electron chi connectivity index (χ1n) is 2.93. The average molecular weight is 136 g/mol. The summed E-state index contributed by atoms with van der Waals surface area (Å²) in [7, 11) is 1.91. The summed E-state index contributed by atoms with van der Waals surface area (Å²) in [5.41, 5.74) is 0. The molecular weight excluding hydrogens is 120 g/mol. The number of hydrogen-bond donors (Lipinski definition) is 3. The fraction of sp³-hybridized carbons (Fsp3) is 1.00. The lowest BCUT2D eigenvalue weighted by atomic mass is 10.7. The van der Waals surface area contributed by atoms with E-state index in [1.807, 2.05) is 20.9 Å². The molecule has 0 amide bonds. The van der Waals surface area contributed by atoms with E-state index in [-0.39, 0.29) is 0 Å². The zero-order valence-electron chi connectivity index (χ0n) is 5.86. The summed E-state index contributed by atoms with van der Waals surface area (Å²) < 4.78 is 2.70. The second-order valence-electron chi connectivity index (χ2n) is 1.01. The zero-order valence-corrected chi connectivity index (χ0v) is 6.76. The Morgan fingerprint density at radius 3 is 1.88 bits per heavy atom. The van der Waals surface area contributed by atoms with Gasteiger partial charge in [0.2, 0.25) is 0 Å². The molecule has 2 nitrogen and oxygen atoms in total. The van der Waals surface area contributed by atoms with Gasteiger partial charge in [0, 0.05) is 13.1 Å². The molecule has 2 N–H and O–H groups in total. The summed E-state index contributed by atoms with van der Waals surface area (Å²) in [6, 6.07) is 0.